The standard InChI is InChI=1S/C8H11Cl2N3O/c1-5(4-14)13(2)7-3-6(9)11-8(10)12-7/h3,5,14H,4H2,1-2H3/t5-/m1/s1. The maximum absolute atomic E-state index is 8.95. The largest absolute Gasteiger partial charge is 0.394 e. The molecule has 4 nitrogen and oxygen atoms in total. The fraction of sp³-hybridized carbons (Fsp3) is 0.500. The number of rotatable bonds is 3. The van der Waals surface area contributed by atoms with Crippen LogP contribution in [0.25, 0.3) is 0 Å². The van der Waals surface area contributed by atoms with Gasteiger partial charge < -0.3 is 10.0 Å². The van der Waals surface area contributed by atoms with E-state index in [9.17, 15) is 0 Å². The molecule has 1 aromatic rings. The Morgan fingerprint density at radius 1 is 1.50 bits per heavy atom. The maximum atomic E-state index is 8.95. The van der Waals surface area contributed by atoms with Gasteiger partial charge in [-0.05, 0) is 18.5 Å². The van der Waals surface area contributed by atoms with Gasteiger partial charge in [0.15, 0.2) is 0 Å². The molecule has 0 fully saturated rings. The second-order valence-corrected chi connectivity index (χ2v) is 3.69. The van der Waals surface area contributed by atoms with Gasteiger partial charge >= 0.3 is 0 Å². The van der Waals surface area contributed by atoms with Crippen LogP contribution in [0.15, 0.2) is 6.07 Å². The molecule has 0 aliphatic rings. The SMILES string of the molecule is C[C@H](CO)N(C)c1cc(Cl)nc(Cl)n1. The van der Waals surface area contributed by atoms with Crippen molar-refractivity contribution in [3.63, 3.8) is 0 Å². The molecule has 0 bridgehead atoms. The van der Waals surface area contributed by atoms with Crippen molar-refractivity contribution in [1.29, 1.82) is 0 Å². The summed E-state index contributed by atoms with van der Waals surface area (Å²) in [5, 5.41) is 9.34. The minimum atomic E-state index is -0.0444. The Morgan fingerprint density at radius 3 is 2.64 bits per heavy atom. The van der Waals surface area contributed by atoms with Crippen LogP contribution < -0.4 is 4.90 Å². The molecule has 1 atom stereocenters. The van der Waals surface area contributed by atoms with Crippen LogP contribution in [0, 0.1) is 0 Å². The van der Waals surface area contributed by atoms with E-state index in [1.54, 1.807) is 18.0 Å². The molecule has 0 spiro atoms. The number of aliphatic hydroxyl groups is 1. The van der Waals surface area contributed by atoms with Crippen LogP contribution in [-0.4, -0.2) is 34.8 Å². The summed E-state index contributed by atoms with van der Waals surface area (Å²) < 4.78 is 0. The summed E-state index contributed by atoms with van der Waals surface area (Å²) in [4.78, 5) is 9.50. The highest BCUT2D eigenvalue weighted by molar-refractivity contribution is 6.32. The Balaban J connectivity index is 2.94. The van der Waals surface area contributed by atoms with Crippen molar-refractivity contribution in [2.75, 3.05) is 18.6 Å². The van der Waals surface area contributed by atoms with Crippen LogP contribution in [0.3, 0.4) is 0 Å². The van der Waals surface area contributed by atoms with Crippen LogP contribution in [0.1, 0.15) is 6.92 Å². The number of nitrogens with zero attached hydrogens (tertiary/aromatic N) is 3. The van der Waals surface area contributed by atoms with Gasteiger partial charge in [-0.2, -0.15) is 0 Å². The quantitative estimate of drug-likeness (QED) is 0.639. The van der Waals surface area contributed by atoms with Crippen molar-refractivity contribution < 1.29 is 5.11 Å². The van der Waals surface area contributed by atoms with Crippen molar-refractivity contribution >= 4 is 29.0 Å². The van der Waals surface area contributed by atoms with E-state index in [1.807, 2.05) is 6.92 Å². The Bertz CT molecular complexity index is 301. The van der Waals surface area contributed by atoms with Gasteiger partial charge in [0.1, 0.15) is 11.0 Å². The van der Waals surface area contributed by atoms with Gasteiger partial charge in [0.05, 0.1) is 12.6 Å². The van der Waals surface area contributed by atoms with E-state index >= 15 is 0 Å². The first-order valence-corrected chi connectivity index (χ1v) is 4.84. The predicted octanol–water partition coefficient (Wildman–Crippen LogP) is 1.60. The molecule has 6 heteroatoms. The van der Waals surface area contributed by atoms with Crippen molar-refractivity contribution in [2.45, 2.75) is 13.0 Å². The van der Waals surface area contributed by atoms with Gasteiger partial charge in [0.2, 0.25) is 5.28 Å². The highest BCUT2D eigenvalue weighted by Gasteiger charge is 2.11. The summed E-state index contributed by atoms with van der Waals surface area (Å²) in [6.07, 6.45) is 0. The lowest BCUT2D eigenvalue weighted by Crippen LogP contribution is -2.32. The summed E-state index contributed by atoms with van der Waals surface area (Å²) in [6.45, 7) is 1.90. The zero-order chi connectivity index (χ0) is 10.7. The lowest BCUT2D eigenvalue weighted by atomic mass is 10.3. The molecule has 0 amide bonds. The van der Waals surface area contributed by atoms with Crippen LogP contribution in [-0.2, 0) is 0 Å². The third kappa shape index (κ3) is 2.70. The monoisotopic (exact) mass is 235 g/mol. The van der Waals surface area contributed by atoms with Crippen LogP contribution in [0.5, 0.6) is 0 Å². The molecule has 1 heterocycles. The van der Waals surface area contributed by atoms with Crippen LogP contribution in [0.4, 0.5) is 5.82 Å². The third-order valence-corrected chi connectivity index (χ3v) is 2.30. The first kappa shape index (κ1) is 11.5. The lowest BCUT2D eigenvalue weighted by molar-refractivity contribution is 0.270. The van der Waals surface area contributed by atoms with Crippen molar-refractivity contribution in [1.82, 2.24) is 9.97 Å². The number of aliphatic hydroxyl groups excluding tert-OH is 1. The molecule has 0 aliphatic heterocycles. The van der Waals surface area contributed by atoms with E-state index in [2.05, 4.69) is 9.97 Å². The van der Waals surface area contributed by atoms with E-state index in [1.165, 1.54) is 0 Å². The first-order valence-electron chi connectivity index (χ1n) is 4.08. The average molecular weight is 236 g/mol. The number of hydrogen-bond acceptors (Lipinski definition) is 4. The molecule has 0 radical (unpaired) electrons. The molecule has 1 rings (SSSR count). The fourth-order valence-corrected chi connectivity index (χ4v) is 1.31. The molecule has 0 saturated heterocycles. The Morgan fingerprint density at radius 2 is 2.14 bits per heavy atom. The summed E-state index contributed by atoms with van der Waals surface area (Å²) >= 11 is 11.4. The number of hydrogen-bond donors (Lipinski definition) is 1. The zero-order valence-corrected chi connectivity index (χ0v) is 9.42. The molecule has 0 saturated carbocycles. The van der Waals surface area contributed by atoms with Crippen LogP contribution >= 0.6 is 23.2 Å². The van der Waals surface area contributed by atoms with E-state index in [0.29, 0.717) is 5.82 Å². The van der Waals surface area contributed by atoms with Gasteiger partial charge in [-0.1, -0.05) is 11.6 Å². The Kier molecular flexibility index (Phi) is 3.92. The van der Waals surface area contributed by atoms with E-state index < -0.39 is 0 Å². The van der Waals surface area contributed by atoms with Gasteiger partial charge in [0, 0.05) is 13.1 Å². The molecular formula is C8H11Cl2N3O. The first-order chi connectivity index (χ1) is 6.54. The maximum Gasteiger partial charge on any atom is 0.225 e. The van der Waals surface area contributed by atoms with Crippen molar-refractivity contribution in [3.05, 3.63) is 16.5 Å². The fourth-order valence-electron chi connectivity index (χ4n) is 0.908. The van der Waals surface area contributed by atoms with Crippen LogP contribution in [0.2, 0.25) is 10.4 Å². The smallest absolute Gasteiger partial charge is 0.225 e. The molecule has 0 aromatic carbocycles. The minimum Gasteiger partial charge on any atom is -0.394 e. The van der Waals surface area contributed by atoms with E-state index in [-0.39, 0.29) is 23.1 Å². The highest BCUT2D eigenvalue weighted by atomic mass is 35.5. The Hall–Kier alpha value is -0.580. The Labute approximate surface area is 92.5 Å². The summed E-state index contributed by atoms with van der Waals surface area (Å²) in [6, 6.07) is 1.55. The topological polar surface area (TPSA) is 49.2 Å². The average Bonchev–Trinajstić information content (AvgIpc) is 2.14. The molecule has 14 heavy (non-hydrogen) atoms. The summed E-state index contributed by atoms with van der Waals surface area (Å²) in [7, 11) is 1.80. The van der Waals surface area contributed by atoms with E-state index in [4.69, 9.17) is 28.3 Å². The number of aromatic nitrogens is 2. The summed E-state index contributed by atoms with van der Waals surface area (Å²) in [5.74, 6) is 0.594. The third-order valence-electron chi connectivity index (χ3n) is 1.94. The molecule has 1 aromatic heterocycles. The number of halogens is 2. The molecule has 1 N–H and O–H groups in total. The molecule has 0 aliphatic carbocycles. The second-order valence-electron chi connectivity index (χ2n) is 2.96. The number of anilines is 1. The van der Waals surface area contributed by atoms with Gasteiger partial charge in [-0.15, -0.1) is 0 Å². The highest BCUT2D eigenvalue weighted by Crippen LogP contribution is 2.18. The molecule has 78 valence electrons. The van der Waals surface area contributed by atoms with Gasteiger partial charge in [-0.3, -0.25) is 0 Å². The predicted molar refractivity (Wildman–Crippen MR) is 57.0 cm³/mol. The lowest BCUT2D eigenvalue weighted by Gasteiger charge is -2.24. The van der Waals surface area contributed by atoms with E-state index in [0.717, 1.165) is 0 Å². The molecular weight excluding hydrogens is 225 g/mol. The normalized spacial score (nSPS) is 12.6. The van der Waals surface area contributed by atoms with Gasteiger partial charge in [-0.25, -0.2) is 9.97 Å². The minimum absolute atomic E-state index is 0.0374. The van der Waals surface area contributed by atoms with Gasteiger partial charge in [0.25, 0.3) is 0 Å². The molecule has 0 unspecified atom stereocenters. The zero-order valence-electron chi connectivity index (χ0n) is 7.91. The van der Waals surface area contributed by atoms with Crippen molar-refractivity contribution in [3.8, 4) is 0 Å². The van der Waals surface area contributed by atoms with Crippen molar-refractivity contribution in [2.24, 2.45) is 0 Å². The summed E-state index contributed by atoms with van der Waals surface area (Å²) in [5.41, 5.74) is 0. The second kappa shape index (κ2) is 4.77. The number of likely N-dealkylation sites (N-methyl/N-ethyl adjacent to an activating group) is 1.